The molecule has 0 radical (unpaired) electrons. The Balaban J connectivity index is 1.95. The highest BCUT2D eigenvalue weighted by Gasteiger charge is 2.25. The largest absolute Gasteiger partial charge is 0.491 e. The number of imidazole rings is 1. The first-order chi connectivity index (χ1) is 10.2. The number of aromatic amines is 1. The van der Waals surface area contributed by atoms with Crippen LogP contribution in [0.15, 0.2) is 18.2 Å². The Morgan fingerprint density at radius 3 is 3.05 bits per heavy atom. The summed E-state index contributed by atoms with van der Waals surface area (Å²) in [5, 5.41) is 0. The number of ether oxygens (including phenoxy) is 2. The van der Waals surface area contributed by atoms with Crippen molar-refractivity contribution < 1.29 is 9.47 Å². The standard InChI is InChI=1S/C16H22N2O2S/c1-3-8-20-14-6-4-5-13-15(14)17-16(21)18(13)10-12-7-9-19-11(12)2/h4-6,11-12H,3,7-10H2,1-2H3,(H,17,21). The lowest BCUT2D eigenvalue weighted by atomic mass is 10.0. The zero-order chi connectivity index (χ0) is 14.8. The van der Waals surface area contributed by atoms with E-state index in [2.05, 4.69) is 29.5 Å². The Labute approximate surface area is 130 Å². The molecule has 0 amide bonds. The van der Waals surface area contributed by atoms with Gasteiger partial charge in [-0.3, -0.25) is 0 Å². The van der Waals surface area contributed by atoms with Crippen molar-refractivity contribution in [3.8, 4) is 5.75 Å². The molecule has 2 aromatic rings. The summed E-state index contributed by atoms with van der Waals surface area (Å²) < 4.78 is 14.4. The highest BCUT2D eigenvalue weighted by atomic mass is 32.1. The normalized spacial score (nSPS) is 22.0. The number of nitrogens with zero attached hydrogens (tertiary/aromatic N) is 1. The number of aromatic nitrogens is 2. The number of H-pyrrole nitrogens is 1. The molecule has 2 atom stereocenters. The molecular formula is C16H22N2O2S. The lowest BCUT2D eigenvalue weighted by Crippen LogP contribution is -2.17. The van der Waals surface area contributed by atoms with E-state index >= 15 is 0 Å². The maximum atomic E-state index is 5.81. The monoisotopic (exact) mass is 306 g/mol. The van der Waals surface area contributed by atoms with Crippen LogP contribution in [0.5, 0.6) is 5.75 Å². The van der Waals surface area contributed by atoms with Gasteiger partial charge in [0.2, 0.25) is 0 Å². The summed E-state index contributed by atoms with van der Waals surface area (Å²) in [6.07, 6.45) is 2.40. The van der Waals surface area contributed by atoms with Crippen molar-refractivity contribution in [3.05, 3.63) is 23.0 Å². The van der Waals surface area contributed by atoms with Crippen molar-refractivity contribution in [2.24, 2.45) is 5.92 Å². The molecule has 2 heterocycles. The molecular weight excluding hydrogens is 284 g/mol. The first-order valence-corrected chi connectivity index (χ1v) is 8.07. The van der Waals surface area contributed by atoms with Gasteiger partial charge in [-0.05, 0) is 44.1 Å². The van der Waals surface area contributed by atoms with Gasteiger partial charge in [0, 0.05) is 19.1 Å². The van der Waals surface area contributed by atoms with Gasteiger partial charge in [0.1, 0.15) is 11.3 Å². The van der Waals surface area contributed by atoms with Gasteiger partial charge < -0.3 is 19.0 Å². The van der Waals surface area contributed by atoms with Gasteiger partial charge in [-0.25, -0.2) is 0 Å². The molecule has 1 saturated heterocycles. The van der Waals surface area contributed by atoms with Crippen LogP contribution >= 0.6 is 12.2 Å². The van der Waals surface area contributed by atoms with Crippen LogP contribution in [0.3, 0.4) is 0 Å². The average molecular weight is 306 g/mol. The minimum atomic E-state index is 0.302. The van der Waals surface area contributed by atoms with E-state index in [1.165, 1.54) is 0 Å². The quantitative estimate of drug-likeness (QED) is 0.851. The van der Waals surface area contributed by atoms with E-state index < -0.39 is 0 Å². The van der Waals surface area contributed by atoms with Crippen LogP contribution in [0, 0.1) is 10.7 Å². The van der Waals surface area contributed by atoms with Gasteiger partial charge in [0.05, 0.1) is 18.2 Å². The van der Waals surface area contributed by atoms with Gasteiger partial charge in [0.25, 0.3) is 0 Å². The summed E-state index contributed by atoms with van der Waals surface area (Å²) in [6, 6.07) is 6.12. The summed E-state index contributed by atoms with van der Waals surface area (Å²) in [7, 11) is 0. The van der Waals surface area contributed by atoms with Gasteiger partial charge in [-0.15, -0.1) is 0 Å². The van der Waals surface area contributed by atoms with Gasteiger partial charge in [0.15, 0.2) is 4.77 Å². The molecule has 0 spiro atoms. The van der Waals surface area contributed by atoms with Gasteiger partial charge in [-0.1, -0.05) is 13.0 Å². The molecule has 1 aliphatic rings. The molecule has 0 bridgehead atoms. The molecule has 4 nitrogen and oxygen atoms in total. The van der Waals surface area contributed by atoms with Crippen LogP contribution in [0.4, 0.5) is 0 Å². The van der Waals surface area contributed by atoms with Crippen LogP contribution in [0.1, 0.15) is 26.7 Å². The molecule has 114 valence electrons. The fraction of sp³-hybridized carbons (Fsp3) is 0.562. The first kappa shape index (κ1) is 14.6. The molecule has 1 aromatic heterocycles. The summed E-state index contributed by atoms with van der Waals surface area (Å²) in [4.78, 5) is 3.31. The Morgan fingerprint density at radius 1 is 1.48 bits per heavy atom. The molecule has 1 fully saturated rings. The second-order valence-electron chi connectivity index (χ2n) is 5.66. The van der Waals surface area contributed by atoms with Crippen molar-refractivity contribution in [2.45, 2.75) is 39.3 Å². The minimum Gasteiger partial charge on any atom is -0.491 e. The van der Waals surface area contributed by atoms with E-state index in [0.29, 0.717) is 12.0 Å². The smallest absolute Gasteiger partial charge is 0.178 e. The van der Waals surface area contributed by atoms with Crippen molar-refractivity contribution in [1.82, 2.24) is 9.55 Å². The molecule has 1 aromatic carbocycles. The van der Waals surface area contributed by atoms with Crippen LogP contribution in [-0.2, 0) is 11.3 Å². The highest BCUT2D eigenvalue weighted by Crippen LogP contribution is 2.28. The molecule has 21 heavy (non-hydrogen) atoms. The zero-order valence-electron chi connectivity index (χ0n) is 12.6. The molecule has 1 aliphatic heterocycles. The van der Waals surface area contributed by atoms with Crippen LogP contribution in [0.25, 0.3) is 11.0 Å². The number of fused-ring (bicyclic) bond motifs is 1. The molecule has 0 saturated carbocycles. The minimum absolute atomic E-state index is 0.302. The first-order valence-electron chi connectivity index (χ1n) is 7.66. The van der Waals surface area contributed by atoms with E-state index in [1.54, 1.807) is 0 Å². The molecule has 5 heteroatoms. The fourth-order valence-electron chi connectivity index (χ4n) is 2.92. The Bertz CT molecular complexity index is 676. The van der Waals surface area contributed by atoms with Crippen molar-refractivity contribution in [3.63, 3.8) is 0 Å². The number of rotatable bonds is 5. The maximum absolute atomic E-state index is 5.81. The molecule has 2 unspecified atom stereocenters. The average Bonchev–Trinajstić information content (AvgIpc) is 3.02. The van der Waals surface area contributed by atoms with Crippen molar-refractivity contribution in [2.75, 3.05) is 13.2 Å². The SMILES string of the molecule is CCCOc1cccc2c1[nH]c(=S)n2CC1CCOC1C. The summed E-state index contributed by atoms with van der Waals surface area (Å²) in [6.45, 7) is 6.73. The third kappa shape index (κ3) is 2.85. The summed E-state index contributed by atoms with van der Waals surface area (Å²) in [5.74, 6) is 1.41. The second kappa shape index (κ2) is 6.20. The van der Waals surface area contributed by atoms with Crippen LogP contribution in [-0.4, -0.2) is 28.9 Å². The van der Waals surface area contributed by atoms with E-state index in [-0.39, 0.29) is 0 Å². The second-order valence-corrected chi connectivity index (χ2v) is 6.05. The van der Waals surface area contributed by atoms with E-state index in [1.807, 2.05) is 12.1 Å². The van der Waals surface area contributed by atoms with E-state index in [9.17, 15) is 0 Å². The predicted molar refractivity (Wildman–Crippen MR) is 86.4 cm³/mol. The number of nitrogens with one attached hydrogen (secondary N) is 1. The molecule has 3 rings (SSSR count). The highest BCUT2D eigenvalue weighted by molar-refractivity contribution is 7.71. The number of benzene rings is 1. The van der Waals surface area contributed by atoms with Crippen LogP contribution < -0.4 is 4.74 Å². The third-order valence-electron chi connectivity index (χ3n) is 4.18. The van der Waals surface area contributed by atoms with Crippen LogP contribution in [0.2, 0.25) is 0 Å². The Hall–Kier alpha value is -1.33. The summed E-state index contributed by atoms with van der Waals surface area (Å²) >= 11 is 5.51. The van der Waals surface area contributed by atoms with Gasteiger partial charge >= 0.3 is 0 Å². The number of hydrogen-bond acceptors (Lipinski definition) is 3. The molecule has 1 N–H and O–H groups in total. The number of hydrogen-bond donors (Lipinski definition) is 1. The van der Waals surface area contributed by atoms with Crippen molar-refractivity contribution >= 4 is 23.3 Å². The zero-order valence-corrected chi connectivity index (χ0v) is 13.4. The summed E-state index contributed by atoms with van der Waals surface area (Å²) in [5.41, 5.74) is 2.12. The Morgan fingerprint density at radius 2 is 2.33 bits per heavy atom. The topological polar surface area (TPSA) is 39.2 Å². The number of para-hydroxylation sites is 1. The van der Waals surface area contributed by atoms with Crippen molar-refractivity contribution in [1.29, 1.82) is 0 Å². The van der Waals surface area contributed by atoms with E-state index in [4.69, 9.17) is 21.7 Å². The predicted octanol–water partition coefficient (Wildman–Crippen LogP) is 3.91. The lowest BCUT2D eigenvalue weighted by Gasteiger charge is -2.15. The third-order valence-corrected chi connectivity index (χ3v) is 4.51. The maximum Gasteiger partial charge on any atom is 0.178 e. The Kier molecular flexibility index (Phi) is 4.31. The molecule has 0 aliphatic carbocycles. The lowest BCUT2D eigenvalue weighted by molar-refractivity contribution is 0.102. The fourth-order valence-corrected chi connectivity index (χ4v) is 3.19. The van der Waals surface area contributed by atoms with Gasteiger partial charge in [-0.2, -0.15) is 0 Å². The van der Waals surface area contributed by atoms with E-state index in [0.717, 1.165) is 54.2 Å².